The van der Waals surface area contributed by atoms with Crippen LogP contribution in [-0.2, 0) is 4.79 Å². The first-order chi connectivity index (χ1) is 13.2. The summed E-state index contributed by atoms with van der Waals surface area (Å²) in [5, 5.41) is 12.3. The van der Waals surface area contributed by atoms with Gasteiger partial charge in [-0.2, -0.15) is 11.3 Å². The third kappa shape index (κ3) is 4.03. The van der Waals surface area contributed by atoms with E-state index in [1.165, 1.54) is 0 Å². The number of carbonyl (C=O) groups is 1. The van der Waals surface area contributed by atoms with Crippen LogP contribution in [0, 0.1) is 0 Å². The molecule has 2 unspecified atom stereocenters. The summed E-state index contributed by atoms with van der Waals surface area (Å²) >= 11 is 1.59. The third-order valence-electron chi connectivity index (χ3n) is 4.69. The summed E-state index contributed by atoms with van der Waals surface area (Å²) in [7, 11) is 0. The molecule has 0 spiro atoms. The third-order valence-corrected chi connectivity index (χ3v) is 5.38. The van der Waals surface area contributed by atoms with Gasteiger partial charge in [-0.05, 0) is 43.3 Å². The van der Waals surface area contributed by atoms with Crippen molar-refractivity contribution in [1.82, 2.24) is 15.1 Å². The van der Waals surface area contributed by atoms with Gasteiger partial charge in [-0.1, -0.05) is 18.2 Å². The molecule has 0 saturated carbocycles. The van der Waals surface area contributed by atoms with E-state index < -0.39 is 6.10 Å². The molecule has 1 amide bonds. The Morgan fingerprint density at radius 2 is 2.15 bits per heavy atom. The van der Waals surface area contributed by atoms with Gasteiger partial charge in [0.2, 0.25) is 11.8 Å². The summed E-state index contributed by atoms with van der Waals surface area (Å²) in [5.41, 5.74) is 0.937. The Bertz CT molecular complexity index is 879. The van der Waals surface area contributed by atoms with Crippen LogP contribution in [0.4, 0.5) is 0 Å². The number of carbonyl (C=O) groups excluding carboxylic acids is 1. The van der Waals surface area contributed by atoms with Crippen LogP contribution in [-0.4, -0.2) is 40.2 Å². The van der Waals surface area contributed by atoms with Crippen molar-refractivity contribution in [1.29, 1.82) is 0 Å². The normalized spacial score (nSPS) is 18.3. The van der Waals surface area contributed by atoms with Crippen LogP contribution in [0.5, 0.6) is 5.75 Å². The van der Waals surface area contributed by atoms with Gasteiger partial charge in [-0.3, -0.25) is 4.79 Å². The lowest BCUT2D eigenvalue weighted by molar-refractivity contribution is -0.139. The van der Waals surface area contributed by atoms with Crippen molar-refractivity contribution in [3.63, 3.8) is 0 Å². The summed E-state index contributed by atoms with van der Waals surface area (Å²) < 4.78 is 11.6. The Kier molecular flexibility index (Phi) is 5.20. The summed E-state index contributed by atoms with van der Waals surface area (Å²) in [5.74, 6) is 1.89. The maximum Gasteiger partial charge on any atom is 0.263 e. The second-order valence-electron chi connectivity index (χ2n) is 6.65. The van der Waals surface area contributed by atoms with Crippen LogP contribution in [0.3, 0.4) is 0 Å². The molecule has 0 N–H and O–H groups in total. The van der Waals surface area contributed by atoms with Crippen LogP contribution in [0.2, 0.25) is 0 Å². The molecule has 140 valence electrons. The summed E-state index contributed by atoms with van der Waals surface area (Å²) in [6, 6.07) is 11.4. The van der Waals surface area contributed by atoms with E-state index in [9.17, 15) is 4.79 Å². The van der Waals surface area contributed by atoms with Gasteiger partial charge in [0.1, 0.15) is 5.75 Å². The number of benzene rings is 1. The second-order valence-corrected chi connectivity index (χ2v) is 7.43. The number of nitrogens with zero attached hydrogens (tertiary/aromatic N) is 3. The molecule has 0 bridgehead atoms. The molecule has 1 aromatic carbocycles. The molecule has 0 radical (unpaired) electrons. The van der Waals surface area contributed by atoms with Crippen molar-refractivity contribution in [2.45, 2.75) is 31.8 Å². The first-order valence-electron chi connectivity index (χ1n) is 9.07. The Labute approximate surface area is 161 Å². The summed E-state index contributed by atoms with van der Waals surface area (Å²) in [4.78, 5) is 14.7. The molecule has 6 nitrogen and oxygen atoms in total. The van der Waals surface area contributed by atoms with E-state index in [1.807, 2.05) is 52.1 Å². The number of rotatable bonds is 5. The van der Waals surface area contributed by atoms with Crippen molar-refractivity contribution in [2.24, 2.45) is 0 Å². The standard InChI is InChI=1S/C20H21N3O3S/c1-14(25-17-7-3-2-4-8-17)20(24)23-10-5-6-15(12-23)18-21-22-19(26-18)16-9-11-27-13-16/h2-4,7-9,11,13-15H,5-6,10,12H2,1H3. The second kappa shape index (κ2) is 7.92. The van der Waals surface area contributed by atoms with Gasteiger partial charge in [0, 0.05) is 24.0 Å². The number of piperidine rings is 1. The average molecular weight is 383 g/mol. The number of aromatic nitrogens is 2. The Morgan fingerprint density at radius 3 is 2.93 bits per heavy atom. The fraction of sp³-hybridized carbons (Fsp3) is 0.350. The van der Waals surface area contributed by atoms with Gasteiger partial charge in [0.05, 0.1) is 5.92 Å². The summed E-state index contributed by atoms with van der Waals surface area (Å²) in [6.07, 6.45) is 1.31. The Hall–Kier alpha value is -2.67. The number of thiophene rings is 1. The minimum Gasteiger partial charge on any atom is -0.481 e. The molecule has 3 heterocycles. The highest BCUT2D eigenvalue weighted by molar-refractivity contribution is 7.08. The molecular formula is C20H21N3O3S. The molecule has 3 aromatic rings. The molecule has 1 fully saturated rings. The topological polar surface area (TPSA) is 68.5 Å². The molecule has 4 rings (SSSR count). The van der Waals surface area contributed by atoms with Gasteiger partial charge < -0.3 is 14.1 Å². The van der Waals surface area contributed by atoms with E-state index in [0.29, 0.717) is 24.1 Å². The van der Waals surface area contributed by atoms with Crippen molar-refractivity contribution in [2.75, 3.05) is 13.1 Å². The van der Waals surface area contributed by atoms with Crippen LogP contribution in [0.1, 0.15) is 31.6 Å². The largest absolute Gasteiger partial charge is 0.481 e. The SMILES string of the molecule is CC(Oc1ccccc1)C(=O)N1CCCC(c2nnc(-c3ccsc3)o2)C1. The van der Waals surface area contributed by atoms with Crippen LogP contribution < -0.4 is 4.74 Å². The van der Waals surface area contributed by atoms with E-state index in [4.69, 9.17) is 9.15 Å². The van der Waals surface area contributed by atoms with Gasteiger partial charge in [0.25, 0.3) is 5.91 Å². The highest BCUT2D eigenvalue weighted by Gasteiger charge is 2.31. The Morgan fingerprint density at radius 1 is 1.30 bits per heavy atom. The van der Waals surface area contributed by atoms with Gasteiger partial charge in [-0.15, -0.1) is 10.2 Å². The van der Waals surface area contributed by atoms with Gasteiger partial charge >= 0.3 is 0 Å². The zero-order chi connectivity index (χ0) is 18.6. The van der Waals surface area contributed by atoms with E-state index in [0.717, 1.165) is 24.9 Å². The maximum atomic E-state index is 12.8. The quantitative estimate of drug-likeness (QED) is 0.667. The lowest BCUT2D eigenvalue weighted by Gasteiger charge is -2.32. The summed E-state index contributed by atoms with van der Waals surface area (Å²) in [6.45, 7) is 3.09. The van der Waals surface area contributed by atoms with Crippen molar-refractivity contribution < 1.29 is 13.9 Å². The zero-order valence-electron chi connectivity index (χ0n) is 15.1. The molecule has 0 aliphatic carbocycles. The monoisotopic (exact) mass is 383 g/mol. The molecule has 7 heteroatoms. The smallest absolute Gasteiger partial charge is 0.263 e. The molecular weight excluding hydrogens is 362 g/mol. The number of hydrogen-bond acceptors (Lipinski definition) is 6. The number of para-hydroxylation sites is 1. The van der Waals surface area contributed by atoms with E-state index in [2.05, 4.69) is 10.2 Å². The maximum absolute atomic E-state index is 12.8. The fourth-order valence-corrected chi connectivity index (χ4v) is 3.92. The van der Waals surface area contributed by atoms with E-state index in [1.54, 1.807) is 18.3 Å². The van der Waals surface area contributed by atoms with Gasteiger partial charge in [0.15, 0.2) is 6.10 Å². The average Bonchev–Trinajstić information content (AvgIpc) is 3.40. The van der Waals surface area contributed by atoms with Crippen molar-refractivity contribution >= 4 is 17.2 Å². The minimum atomic E-state index is -0.532. The molecule has 27 heavy (non-hydrogen) atoms. The minimum absolute atomic E-state index is 0.0128. The highest BCUT2D eigenvalue weighted by Crippen LogP contribution is 2.29. The van der Waals surface area contributed by atoms with Crippen molar-refractivity contribution in [3.8, 4) is 17.2 Å². The van der Waals surface area contributed by atoms with Crippen LogP contribution >= 0.6 is 11.3 Å². The first kappa shape index (κ1) is 17.7. The number of likely N-dealkylation sites (tertiary alicyclic amines) is 1. The fourth-order valence-electron chi connectivity index (χ4n) is 3.29. The van der Waals surface area contributed by atoms with Crippen LogP contribution in [0.25, 0.3) is 11.5 Å². The molecule has 2 atom stereocenters. The molecule has 1 saturated heterocycles. The van der Waals surface area contributed by atoms with E-state index in [-0.39, 0.29) is 11.8 Å². The predicted molar refractivity (Wildman–Crippen MR) is 103 cm³/mol. The first-order valence-corrected chi connectivity index (χ1v) is 10.0. The van der Waals surface area contributed by atoms with E-state index >= 15 is 0 Å². The van der Waals surface area contributed by atoms with Crippen LogP contribution in [0.15, 0.2) is 51.6 Å². The highest BCUT2D eigenvalue weighted by atomic mass is 32.1. The molecule has 1 aliphatic rings. The number of ether oxygens (including phenoxy) is 1. The van der Waals surface area contributed by atoms with Gasteiger partial charge in [-0.25, -0.2) is 0 Å². The molecule has 2 aromatic heterocycles. The Balaban J connectivity index is 1.41. The lowest BCUT2D eigenvalue weighted by Crippen LogP contribution is -2.45. The van der Waals surface area contributed by atoms with Crippen molar-refractivity contribution in [3.05, 3.63) is 53.0 Å². The number of hydrogen-bond donors (Lipinski definition) is 0. The lowest BCUT2D eigenvalue weighted by atomic mass is 9.97. The zero-order valence-corrected chi connectivity index (χ0v) is 15.9. The molecule has 1 aliphatic heterocycles. The number of amides is 1. The predicted octanol–water partition coefficient (Wildman–Crippen LogP) is 3.97.